The molecular weight excluding hydrogens is 279 g/mol. The van der Waals surface area contributed by atoms with Crippen LogP contribution in [0.1, 0.15) is 5.56 Å². The SMILES string of the molecule is CN(C)CC1CN(Cc2ccc(Cl)cc2F)CC1CO. The molecule has 1 heterocycles. The van der Waals surface area contributed by atoms with Crippen molar-refractivity contribution >= 4 is 11.6 Å². The predicted molar refractivity (Wildman–Crippen MR) is 79.3 cm³/mol. The zero-order valence-corrected chi connectivity index (χ0v) is 12.8. The summed E-state index contributed by atoms with van der Waals surface area (Å²) in [5, 5.41) is 9.91. The quantitative estimate of drug-likeness (QED) is 0.902. The topological polar surface area (TPSA) is 26.7 Å². The lowest BCUT2D eigenvalue weighted by Crippen LogP contribution is -2.28. The first-order chi connectivity index (χ1) is 9.49. The van der Waals surface area contributed by atoms with Crippen LogP contribution in [0.4, 0.5) is 4.39 Å². The number of hydrogen-bond acceptors (Lipinski definition) is 3. The number of aliphatic hydroxyl groups is 1. The lowest BCUT2D eigenvalue weighted by molar-refractivity contribution is 0.183. The molecule has 20 heavy (non-hydrogen) atoms. The Hall–Kier alpha value is -0.680. The van der Waals surface area contributed by atoms with Crippen molar-refractivity contribution in [1.82, 2.24) is 9.80 Å². The minimum absolute atomic E-state index is 0.193. The average molecular weight is 301 g/mol. The molecule has 5 heteroatoms. The van der Waals surface area contributed by atoms with E-state index >= 15 is 0 Å². The Kier molecular flexibility index (Phi) is 5.38. The van der Waals surface area contributed by atoms with Gasteiger partial charge in [-0.1, -0.05) is 17.7 Å². The molecule has 0 radical (unpaired) electrons. The molecule has 0 aliphatic carbocycles. The van der Waals surface area contributed by atoms with E-state index in [1.165, 1.54) is 6.07 Å². The number of nitrogens with zero attached hydrogens (tertiary/aromatic N) is 2. The van der Waals surface area contributed by atoms with Crippen molar-refractivity contribution < 1.29 is 9.50 Å². The molecular formula is C15H22ClFN2O. The van der Waals surface area contributed by atoms with Gasteiger partial charge in [0.2, 0.25) is 0 Å². The number of aliphatic hydroxyl groups excluding tert-OH is 1. The van der Waals surface area contributed by atoms with Crippen molar-refractivity contribution in [3.8, 4) is 0 Å². The van der Waals surface area contributed by atoms with E-state index in [0.717, 1.165) is 19.6 Å². The molecule has 0 saturated carbocycles. The van der Waals surface area contributed by atoms with Gasteiger partial charge in [0.1, 0.15) is 5.82 Å². The fourth-order valence-corrected chi connectivity index (χ4v) is 3.10. The van der Waals surface area contributed by atoms with Gasteiger partial charge in [0.25, 0.3) is 0 Å². The van der Waals surface area contributed by atoms with E-state index < -0.39 is 0 Å². The second-order valence-electron chi connectivity index (χ2n) is 5.89. The second kappa shape index (κ2) is 6.85. The Morgan fingerprint density at radius 2 is 2.05 bits per heavy atom. The zero-order chi connectivity index (χ0) is 14.7. The van der Waals surface area contributed by atoms with Gasteiger partial charge >= 0.3 is 0 Å². The molecule has 1 aliphatic rings. The van der Waals surface area contributed by atoms with Crippen molar-refractivity contribution in [2.24, 2.45) is 11.8 Å². The summed E-state index contributed by atoms with van der Waals surface area (Å²) in [4.78, 5) is 4.35. The van der Waals surface area contributed by atoms with Crippen LogP contribution in [0, 0.1) is 17.7 Å². The minimum Gasteiger partial charge on any atom is -0.396 e. The molecule has 0 aromatic heterocycles. The highest BCUT2D eigenvalue weighted by Gasteiger charge is 2.32. The minimum atomic E-state index is -0.255. The summed E-state index contributed by atoms with van der Waals surface area (Å²) in [6, 6.07) is 4.82. The van der Waals surface area contributed by atoms with Crippen molar-refractivity contribution in [3.63, 3.8) is 0 Å². The highest BCUT2D eigenvalue weighted by molar-refractivity contribution is 6.30. The molecule has 0 bridgehead atoms. The Labute approximate surface area is 124 Å². The van der Waals surface area contributed by atoms with Gasteiger partial charge in [-0.2, -0.15) is 0 Å². The zero-order valence-electron chi connectivity index (χ0n) is 12.0. The van der Waals surface area contributed by atoms with E-state index in [4.69, 9.17) is 11.6 Å². The van der Waals surface area contributed by atoms with Gasteiger partial charge in [-0.3, -0.25) is 4.90 Å². The molecule has 3 nitrogen and oxygen atoms in total. The maximum absolute atomic E-state index is 13.8. The second-order valence-corrected chi connectivity index (χ2v) is 6.33. The van der Waals surface area contributed by atoms with Crippen LogP contribution in [0.15, 0.2) is 18.2 Å². The molecule has 2 atom stereocenters. The number of hydrogen-bond donors (Lipinski definition) is 1. The molecule has 2 unspecified atom stereocenters. The third-order valence-corrected chi connectivity index (χ3v) is 4.13. The summed E-state index contributed by atoms with van der Waals surface area (Å²) in [5.74, 6) is 0.451. The van der Waals surface area contributed by atoms with Crippen molar-refractivity contribution in [3.05, 3.63) is 34.6 Å². The summed E-state index contributed by atoms with van der Waals surface area (Å²) in [7, 11) is 4.08. The van der Waals surface area contributed by atoms with E-state index in [-0.39, 0.29) is 18.3 Å². The van der Waals surface area contributed by atoms with Crippen LogP contribution in [-0.4, -0.2) is 55.2 Å². The third kappa shape index (κ3) is 3.92. The number of benzene rings is 1. The first-order valence-corrected chi connectivity index (χ1v) is 7.29. The Balaban J connectivity index is 2.00. The predicted octanol–water partition coefficient (Wildman–Crippen LogP) is 2.08. The van der Waals surface area contributed by atoms with Gasteiger partial charge in [0, 0.05) is 43.4 Å². The Bertz CT molecular complexity index is 455. The molecule has 1 saturated heterocycles. The summed E-state index contributed by atoms with van der Waals surface area (Å²) in [6.45, 7) is 3.43. The third-order valence-electron chi connectivity index (χ3n) is 3.90. The summed E-state index contributed by atoms with van der Waals surface area (Å²) >= 11 is 5.77. The first kappa shape index (κ1) is 15.7. The van der Waals surface area contributed by atoms with Gasteiger partial charge in [0.15, 0.2) is 0 Å². The van der Waals surface area contributed by atoms with Crippen LogP contribution in [0.3, 0.4) is 0 Å². The van der Waals surface area contributed by atoms with Crippen LogP contribution < -0.4 is 0 Å². The van der Waals surface area contributed by atoms with E-state index in [0.29, 0.717) is 23.0 Å². The molecule has 1 aromatic rings. The largest absolute Gasteiger partial charge is 0.396 e. The van der Waals surface area contributed by atoms with Crippen LogP contribution in [0.2, 0.25) is 5.02 Å². The van der Waals surface area contributed by atoms with Crippen LogP contribution >= 0.6 is 11.6 Å². The standard InChI is InChI=1S/C15H22ClFN2O/c1-18(2)6-12-8-19(9-13(12)10-20)7-11-3-4-14(16)5-15(11)17/h3-5,12-13,20H,6-10H2,1-2H3. The maximum atomic E-state index is 13.8. The fraction of sp³-hybridized carbons (Fsp3) is 0.600. The number of halogens is 2. The average Bonchev–Trinajstić information content (AvgIpc) is 2.74. The number of likely N-dealkylation sites (tertiary alicyclic amines) is 1. The van der Waals surface area contributed by atoms with Crippen LogP contribution in [0.25, 0.3) is 0 Å². The molecule has 0 amide bonds. The summed E-state index contributed by atoms with van der Waals surface area (Å²) in [6.07, 6.45) is 0. The molecule has 1 aromatic carbocycles. The van der Waals surface area contributed by atoms with Crippen molar-refractivity contribution in [2.45, 2.75) is 6.54 Å². The van der Waals surface area contributed by atoms with E-state index in [2.05, 4.69) is 9.80 Å². The lowest BCUT2D eigenvalue weighted by atomic mass is 9.97. The van der Waals surface area contributed by atoms with Crippen LogP contribution in [0.5, 0.6) is 0 Å². The molecule has 1 fully saturated rings. The van der Waals surface area contributed by atoms with Crippen molar-refractivity contribution in [1.29, 1.82) is 0 Å². The van der Waals surface area contributed by atoms with Gasteiger partial charge in [0.05, 0.1) is 0 Å². The Morgan fingerprint density at radius 3 is 2.65 bits per heavy atom. The molecule has 0 spiro atoms. The van der Waals surface area contributed by atoms with Gasteiger partial charge < -0.3 is 10.0 Å². The lowest BCUT2D eigenvalue weighted by Gasteiger charge is -2.20. The fourth-order valence-electron chi connectivity index (χ4n) is 2.94. The van der Waals surface area contributed by atoms with Crippen molar-refractivity contribution in [2.75, 3.05) is 40.3 Å². The monoisotopic (exact) mass is 300 g/mol. The highest BCUT2D eigenvalue weighted by Crippen LogP contribution is 2.26. The van der Waals surface area contributed by atoms with Gasteiger partial charge in [-0.25, -0.2) is 4.39 Å². The molecule has 1 aliphatic heterocycles. The highest BCUT2D eigenvalue weighted by atomic mass is 35.5. The van der Waals surface area contributed by atoms with Gasteiger partial charge in [-0.15, -0.1) is 0 Å². The summed E-state index contributed by atoms with van der Waals surface area (Å²) < 4.78 is 13.8. The molecule has 112 valence electrons. The molecule has 1 N–H and O–H groups in total. The van der Waals surface area contributed by atoms with E-state index in [1.807, 2.05) is 14.1 Å². The van der Waals surface area contributed by atoms with Gasteiger partial charge in [-0.05, 0) is 38.1 Å². The number of rotatable bonds is 5. The Morgan fingerprint density at radius 1 is 1.35 bits per heavy atom. The smallest absolute Gasteiger partial charge is 0.129 e. The van der Waals surface area contributed by atoms with E-state index in [1.54, 1.807) is 12.1 Å². The normalized spacial score (nSPS) is 23.7. The summed E-state index contributed by atoms with van der Waals surface area (Å²) in [5.41, 5.74) is 0.664. The van der Waals surface area contributed by atoms with E-state index in [9.17, 15) is 9.50 Å². The van der Waals surface area contributed by atoms with Crippen LogP contribution in [-0.2, 0) is 6.54 Å². The maximum Gasteiger partial charge on any atom is 0.129 e. The molecule has 2 rings (SSSR count). The first-order valence-electron chi connectivity index (χ1n) is 6.91.